The van der Waals surface area contributed by atoms with Gasteiger partial charge in [0.2, 0.25) is 5.91 Å². The lowest BCUT2D eigenvalue weighted by Gasteiger charge is -2.11. The standard InChI is InChI=1S/C15H21NO7S/c1-22-13(15(18)19)10-16-14(17)4-3-9-23-11-5-7-12(8-6-11)24(2,20)21/h5-8,13H,3-4,9-10H2,1-2H3,(H,16,17)(H,18,19). The Morgan fingerprint density at radius 3 is 2.38 bits per heavy atom. The number of aliphatic carboxylic acids is 1. The molecule has 0 aliphatic heterocycles. The molecule has 0 aliphatic rings. The van der Waals surface area contributed by atoms with Crippen molar-refractivity contribution in [1.82, 2.24) is 5.32 Å². The zero-order valence-electron chi connectivity index (χ0n) is 13.5. The van der Waals surface area contributed by atoms with Crippen LogP contribution in [-0.2, 0) is 24.2 Å². The molecule has 24 heavy (non-hydrogen) atoms. The van der Waals surface area contributed by atoms with Crippen molar-refractivity contribution in [2.24, 2.45) is 0 Å². The van der Waals surface area contributed by atoms with Crippen molar-refractivity contribution in [2.75, 3.05) is 26.5 Å². The van der Waals surface area contributed by atoms with Crippen LogP contribution in [0.5, 0.6) is 5.75 Å². The molecule has 0 spiro atoms. The normalized spacial score (nSPS) is 12.4. The molecule has 0 heterocycles. The Morgan fingerprint density at radius 1 is 1.25 bits per heavy atom. The highest BCUT2D eigenvalue weighted by Gasteiger charge is 2.16. The highest BCUT2D eigenvalue weighted by molar-refractivity contribution is 7.90. The molecule has 1 atom stereocenters. The van der Waals surface area contributed by atoms with E-state index in [1.807, 2.05) is 0 Å². The van der Waals surface area contributed by atoms with Crippen molar-refractivity contribution >= 4 is 21.7 Å². The fourth-order valence-electron chi connectivity index (χ4n) is 1.77. The van der Waals surface area contributed by atoms with E-state index >= 15 is 0 Å². The predicted octanol–water partition coefficient (Wildman–Crippen LogP) is 0.465. The van der Waals surface area contributed by atoms with Crippen molar-refractivity contribution in [2.45, 2.75) is 23.8 Å². The van der Waals surface area contributed by atoms with Gasteiger partial charge >= 0.3 is 5.97 Å². The van der Waals surface area contributed by atoms with E-state index in [0.717, 1.165) is 6.26 Å². The third-order valence-corrected chi connectivity index (χ3v) is 4.24. The van der Waals surface area contributed by atoms with Gasteiger partial charge in [0.15, 0.2) is 15.9 Å². The number of benzene rings is 1. The maximum atomic E-state index is 11.6. The van der Waals surface area contributed by atoms with Crippen LogP contribution in [0.15, 0.2) is 29.2 Å². The number of carboxylic acid groups (broad SMARTS) is 1. The quantitative estimate of drug-likeness (QED) is 0.583. The number of hydrogen-bond donors (Lipinski definition) is 2. The lowest BCUT2D eigenvalue weighted by atomic mass is 10.3. The summed E-state index contributed by atoms with van der Waals surface area (Å²) in [6.07, 6.45) is 0.667. The summed E-state index contributed by atoms with van der Waals surface area (Å²) in [6.45, 7) is 0.177. The van der Waals surface area contributed by atoms with Crippen LogP contribution in [0.2, 0.25) is 0 Å². The van der Waals surface area contributed by atoms with Crippen molar-refractivity contribution in [1.29, 1.82) is 0 Å². The predicted molar refractivity (Wildman–Crippen MR) is 85.7 cm³/mol. The molecule has 2 N–H and O–H groups in total. The zero-order chi connectivity index (χ0) is 18.2. The fourth-order valence-corrected chi connectivity index (χ4v) is 2.40. The fraction of sp³-hybridized carbons (Fsp3) is 0.467. The van der Waals surface area contributed by atoms with Crippen LogP contribution in [0.3, 0.4) is 0 Å². The zero-order valence-corrected chi connectivity index (χ0v) is 14.3. The molecule has 0 saturated carbocycles. The monoisotopic (exact) mass is 359 g/mol. The summed E-state index contributed by atoms with van der Waals surface area (Å²) in [5.41, 5.74) is 0. The first kappa shape index (κ1) is 19.9. The largest absolute Gasteiger partial charge is 0.494 e. The molecule has 0 aliphatic carbocycles. The molecule has 8 nitrogen and oxygen atoms in total. The second kappa shape index (κ2) is 9.24. The average molecular weight is 359 g/mol. The third kappa shape index (κ3) is 6.97. The summed E-state index contributed by atoms with van der Waals surface area (Å²) < 4.78 is 32.8. The molecule has 134 valence electrons. The van der Waals surface area contributed by atoms with Crippen LogP contribution in [0.4, 0.5) is 0 Å². The van der Waals surface area contributed by atoms with Crippen molar-refractivity contribution in [3.05, 3.63) is 24.3 Å². The van der Waals surface area contributed by atoms with Gasteiger partial charge in [0.25, 0.3) is 0 Å². The molecule has 1 unspecified atom stereocenters. The van der Waals surface area contributed by atoms with Gasteiger partial charge in [0, 0.05) is 19.8 Å². The number of nitrogens with one attached hydrogen (secondary N) is 1. The number of sulfone groups is 1. The number of ether oxygens (including phenoxy) is 2. The maximum absolute atomic E-state index is 11.6. The average Bonchev–Trinajstić information content (AvgIpc) is 2.51. The minimum atomic E-state index is -3.24. The van der Waals surface area contributed by atoms with E-state index < -0.39 is 21.9 Å². The molecule has 9 heteroatoms. The Balaban J connectivity index is 2.28. The van der Waals surface area contributed by atoms with Crippen LogP contribution in [0.1, 0.15) is 12.8 Å². The van der Waals surface area contributed by atoms with Crippen molar-refractivity contribution in [3.8, 4) is 5.75 Å². The number of carbonyl (C=O) groups excluding carboxylic acids is 1. The summed E-state index contributed by atoms with van der Waals surface area (Å²) in [5, 5.41) is 11.2. The first-order valence-electron chi connectivity index (χ1n) is 7.19. The lowest BCUT2D eigenvalue weighted by Crippen LogP contribution is -2.37. The number of carboxylic acids is 1. The highest BCUT2D eigenvalue weighted by Crippen LogP contribution is 2.16. The molecule has 0 saturated heterocycles. The SMILES string of the molecule is COC(CNC(=O)CCCOc1ccc(S(C)(=O)=O)cc1)C(=O)O. The number of carbonyl (C=O) groups is 2. The van der Waals surface area contributed by atoms with E-state index in [0.29, 0.717) is 12.2 Å². The Labute approximate surface area is 140 Å². The second-order valence-electron chi connectivity index (χ2n) is 5.06. The Kier molecular flexibility index (Phi) is 7.66. The summed E-state index contributed by atoms with van der Waals surface area (Å²) in [7, 11) is -1.98. The summed E-state index contributed by atoms with van der Waals surface area (Å²) >= 11 is 0. The topological polar surface area (TPSA) is 119 Å². The van der Waals surface area contributed by atoms with Gasteiger partial charge in [-0.25, -0.2) is 13.2 Å². The van der Waals surface area contributed by atoms with Crippen molar-refractivity contribution in [3.63, 3.8) is 0 Å². The highest BCUT2D eigenvalue weighted by atomic mass is 32.2. The van der Waals surface area contributed by atoms with E-state index in [-0.39, 0.29) is 30.4 Å². The molecule has 1 amide bonds. The lowest BCUT2D eigenvalue weighted by molar-refractivity contribution is -0.148. The van der Waals surface area contributed by atoms with Gasteiger partial charge in [-0.05, 0) is 30.7 Å². The molecule has 0 aromatic heterocycles. The maximum Gasteiger partial charge on any atom is 0.334 e. The smallest absolute Gasteiger partial charge is 0.334 e. The molecule has 1 rings (SSSR count). The molecule has 0 radical (unpaired) electrons. The van der Waals surface area contributed by atoms with Gasteiger partial charge < -0.3 is 19.9 Å². The number of hydrogen-bond acceptors (Lipinski definition) is 6. The van der Waals surface area contributed by atoms with Gasteiger partial charge in [-0.3, -0.25) is 4.79 Å². The van der Waals surface area contributed by atoms with Crippen molar-refractivity contribution < 1.29 is 32.6 Å². The minimum Gasteiger partial charge on any atom is -0.494 e. The molecule has 1 aromatic carbocycles. The minimum absolute atomic E-state index is 0.0987. The second-order valence-corrected chi connectivity index (χ2v) is 7.08. The number of amides is 1. The van der Waals surface area contributed by atoms with E-state index in [2.05, 4.69) is 5.32 Å². The summed E-state index contributed by atoms with van der Waals surface area (Å²) in [4.78, 5) is 22.5. The first-order chi connectivity index (χ1) is 11.2. The van der Waals surface area contributed by atoms with E-state index in [4.69, 9.17) is 14.6 Å². The van der Waals surface area contributed by atoms with Gasteiger partial charge in [-0.15, -0.1) is 0 Å². The molecule has 0 fully saturated rings. The van der Waals surface area contributed by atoms with E-state index in [1.165, 1.54) is 19.2 Å². The third-order valence-electron chi connectivity index (χ3n) is 3.11. The van der Waals surface area contributed by atoms with Gasteiger partial charge in [0.05, 0.1) is 18.0 Å². The number of rotatable bonds is 10. The molecular formula is C15H21NO7S. The van der Waals surface area contributed by atoms with E-state index in [9.17, 15) is 18.0 Å². The van der Waals surface area contributed by atoms with E-state index in [1.54, 1.807) is 12.1 Å². The molecular weight excluding hydrogens is 338 g/mol. The van der Waals surface area contributed by atoms with Crippen LogP contribution in [0.25, 0.3) is 0 Å². The molecule has 0 bridgehead atoms. The van der Waals surface area contributed by atoms with Gasteiger partial charge in [0.1, 0.15) is 5.75 Å². The van der Waals surface area contributed by atoms with Crippen LogP contribution in [-0.4, -0.2) is 58.0 Å². The Morgan fingerprint density at radius 2 is 1.88 bits per heavy atom. The Hall–Kier alpha value is -2.13. The number of methoxy groups -OCH3 is 1. The first-order valence-corrected chi connectivity index (χ1v) is 9.08. The van der Waals surface area contributed by atoms with Crippen LogP contribution < -0.4 is 10.1 Å². The summed E-state index contributed by atoms with van der Waals surface area (Å²) in [5.74, 6) is -0.930. The van der Waals surface area contributed by atoms with Crippen LogP contribution in [0, 0.1) is 0 Å². The Bertz CT molecular complexity index is 655. The van der Waals surface area contributed by atoms with Gasteiger partial charge in [-0.1, -0.05) is 0 Å². The molecule has 1 aromatic rings. The summed E-state index contributed by atoms with van der Waals surface area (Å²) in [6, 6.07) is 6.00. The van der Waals surface area contributed by atoms with Gasteiger partial charge in [-0.2, -0.15) is 0 Å². The van der Waals surface area contributed by atoms with Crippen LogP contribution >= 0.6 is 0 Å².